The molecule has 1 saturated heterocycles. The molecule has 0 unspecified atom stereocenters. The van der Waals surface area contributed by atoms with Crippen LogP contribution in [-0.2, 0) is 16.1 Å². The molecule has 7 heteroatoms. The summed E-state index contributed by atoms with van der Waals surface area (Å²) in [4.78, 5) is 30.9. The number of hydrogen-bond donors (Lipinski definition) is 1. The fourth-order valence-electron chi connectivity index (χ4n) is 3.25. The van der Waals surface area contributed by atoms with Crippen LogP contribution in [0.2, 0.25) is 0 Å². The molecule has 0 radical (unpaired) electrons. The molecule has 0 aromatic carbocycles. The minimum atomic E-state index is -0.542. The van der Waals surface area contributed by atoms with Crippen molar-refractivity contribution in [2.75, 3.05) is 20.2 Å². The zero-order valence-corrected chi connectivity index (χ0v) is 17.2. The van der Waals surface area contributed by atoms with Crippen molar-refractivity contribution < 1.29 is 19.1 Å². The van der Waals surface area contributed by atoms with Gasteiger partial charge in [0.25, 0.3) is 0 Å². The number of carbonyl (C=O) groups excluding carboxylic acids is 2. The summed E-state index contributed by atoms with van der Waals surface area (Å²) in [6.45, 7) is 10.7. The molecule has 2 rings (SSSR count). The minimum absolute atomic E-state index is 0.0657. The molecule has 7 nitrogen and oxygen atoms in total. The van der Waals surface area contributed by atoms with Gasteiger partial charge in [-0.15, -0.1) is 0 Å². The molecule has 0 bridgehead atoms. The second-order valence-electron chi connectivity index (χ2n) is 8.03. The Bertz CT molecular complexity index is 697. The third-order valence-corrected chi connectivity index (χ3v) is 4.62. The zero-order chi connectivity index (χ0) is 20.2. The molecule has 1 atom stereocenters. The van der Waals surface area contributed by atoms with Crippen LogP contribution < -0.4 is 10.1 Å². The standard InChI is InChI=1S/C20H31N3O4/c1-13-10-21-16(14(2)17(13)26-6)11-22-18(24)15-8-7-9-23(12-15)19(25)27-20(3,4)5/h10,15H,7-9,11-12H2,1-6H3,(H,22,24)/t15-/m0/s1. The fraction of sp³-hybridized carbons (Fsp3) is 0.650. The summed E-state index contributed by atoms with van der Waals surface area (Å²) in [6.07, 6.45) is 2.93. The van der Waals surface area contributed by atoms with Gasteiger partial charge in [0.1, 0.15) is 11.4 Å². The van der Waals surface area contributed by atoms with Crippen molar-refractivity contribution in [3.8, 4) is 5.75 Å². The fourth-order valence-corrected chi connectivity index (χ4v) is 3.25. The number of amides is 2. The summed E-state index contributed by atoms with van der Waals surface area (Å²) in [5.74, 6) is 0.492. The van der Waals surface area contributed by atoms with E-state index in [1.807, 2.05) is 34.6 Å². The largest absolute Gasteiger partial charge is 0.496 e. The van der Waals surface area contributed by atoms with E-state index in [1.54, 1.807) is 18.2 Å². The summed E-state index contributed by atoms with van der Waals surface area (Å²) in [5, 5.41) is 2.95. The summed E-state index contributed by atoms with van der Waals surface area (Å²) < 4.78 is 10.8. The van der Waals surface area contributed by atoms with Crippen LogP contribution in [0.15, 0.2) is 6.20 Å². The molecule has 27 heavy (non-hydrogen) atoms. The maximum atomic E-state index is 12.6. The van der Waals surface area contributed by atoms with Gasteiger partial charge in [0.2, 0.25) is 5.91 Å². The normalized spacial score (nSPS) is 17.4. The second kappa shape index (κ2) is 8.59. The second-order valence-corrected chi connectivity index (χ2v) is 8.03. The molecule has 1 aromatic rings. The maximum absolute atomic E-state index is 12.6. The molecule has 0 aliphatic carbocycles. The number of aromatic nitrogens is 1. The molecule has 1 aliphatic rings. The van der Waals surface area contributed by atoms with Crippen molar-refractivity contribution in [2.45, 2.75) is 59.6 Å². The van der Waals surface area contributed by atoms with Gasteiger partial charge < -0.3 is 19.7 Å². The lowest BCUT2D eigenvalue weighted by Crippen LogP contribution is -2.47. The molecule has 1 aromatic heterocycles. The predicted octanol–water partition coefficient (Wildman–Crippen LogP) is 2.97. The van der Waals surface area contributed by atoms with Crippen molar-refractivity contribution >= 4 is 12.0 Å². The topological polar surface area (TPSA) is 80.8 Å². The van der Waals surface area contributed by atoms with Crippen LogP contribution in [0.5, 0.6) is 5.75 Å². The summed E-state index contributed by atoms with van der Waals surface area (Å²) in [6, 6.07) is 0. The van der Waals surface area contributed by atoms with Gasteiger partial charge in [0.05, 0.1) is 25.3 Å². The molecule has 1 aliphatic heterocycles. The molecule has 1 N–H and O–H groups in total. The smallest absolute Gasteiger partial charge is 0.410 e. The minimum Gasteiger partial charge on any atom is -0.496 e. The lowest BCUT2D eigenvalue weighted by molar-refractivity contribution is -0.126. The first-order chi connectivity index (χ1) is 12.6. The van der Waals surface area contributed by atoms with Crippen LogP contribution in [0, 0.1) is 19.8 Å². The number of rotatable bonds is 4. The van der Waals surface area contributed by atoms with Crippen LogP contribution in [-0.4, -0.2) is 47.7 Å². The number of carbonyl (C=O) groups is 2. The van der Waals surface area contributed by atoms with Crippen molar-refractivity contribution in [2.24, 2.45) is 5.92 Å². The van der Waals surface area contributed by atoms with Crippen LogP contribution >= 0.6 is 0 Å². The maximum Gasteiger partial charge on any atom is 0.410 e. The van der Waals surface area contributed by atoms with Crippen LogP contribution in [0.3, 0.4) is 0 Å². The predicted molar refractivity (Wildman–Crippen MR) is 103 cm³/mol. The molecule has 2 heterocycles. The van der Waals surface area contributed by atoms with Gasteiger partial charge >= 0.3 is 6.09 Å². The van der Waals surface area contributed by atoms with E-state index in [1.165, 1.54) is 0 Å². The number of nitrogens with one attached hydrogen (secondary N) is 1. The van der Waals surface area contributed by atoms with Gasteiger partial charge in [-0.3, -0.25) is 9.78 Å². The first-order valence-electron chi connectivity index (χ1n) is 9.37. The van der Waals surface area contributed by atoms with Crippen molar-refractivity contribution in [1.82, 2.24) is 15.2 Å². The Labute approximate surface area is 161 Å². The van der Waals surface area contributed by atoms with Gasteiger partial charge in [-0.1, -0.05) is 0 Å². The highest BCUT2D eigenvalue weighted by molar-refractivity contribution is 5.80. The highest BCUT2D eigenvalue weighted by Crippen LogP contribution is 2.24. The SMILES string of the molecule is COc1c(C)cnc(CNC(=O)[C@H]2CCCN(C(=O)OC(C)(C)C)C2)c1C. The van der Waals surface area contributed by atoms with E-state index in [0.29, 0.717) is 19.6 Å². The molecular weight excluding hydrogens is 346 g/mol. The highest BCUT2D eigenvalue weighted by Gasteiger charge is 2.31. The first kappa shape index (κ1) is 21.0. The Kier molecular flexibility index (Phi) is 6.68. The average Bonchev–Trinajstić information content (AvgIpc) is 2.60. The van der Waals surface area contributed by atoms with E-state index in [0.717, 1.165) is 35.4 Å². The summed E-state index contributed by atoms with van der Waals surface area (Å²) >= 11 is 0. The van der Waals surface area contributed by atoms with Gasteiger partial charge in [-0.2, -0.15) is 0 Å². The number of aryl methyl sites for hydroxylation is 1. The Hall–Kier alpha value is -2.31. The van der Waals surface area contributed by atoms with Gasteiger partial charge in [-0.25, -0.2) is 4.79 Å². The van der Waals surface area contributed by atoms with Crippen LogP contribution in [0.1, 0.15) is 50.4 Å². The Balaban J connectivity index is 1.95. The monoisotopic (exact) mass is 377 g/mol. The van der Waals surface area contributed by atoms with E-state index in [9.17, 15) is 9.59 Å². The number of ether oxygens (including phenoxy) is 2. The van der Waals surface area contributed by atoms with E-state index >= 15 is 0 Å². The van der Waals surface area contributed by atoms with Crippen LogP contribution in [0.4, 0.5) is 4.79 Å². The highest BCUT2D eigenvalue weighted by atomic mass is 16.6. The molecule has 0 spiro atoms. The number of methoxy groups -OCH3 is 1. The molecular formula is C20H31N3O4. The average molecular weight is 377 g/mol. The van der Waals surface area contributed by atoms with Gasteiger partial charge in [0, 0.05) is 30.4 Å². The number of hydrogen-bond acceptors (Lipinski definition) is 5. The first-order valence-corrected chi connectivity index (χ1v) is 9.37. The quantitative estimate of drug-likeness (QED) is 0.872. The lowest BCUT2D eigenvalue weighted by atomic mass is 9.97. The zero-order valence-electron chi connectivity index (χ0n) is 17.2. The van der Waals surface area contributed by atoms with Gasteiger partial charge in [-0.05, 0) is 47.5 Å². The lowest BCUT2D eigenvalue weighted by Gasteiger charge is -2.33. The molecule has 150 valence electrons. The third kappa shape index (κ3) is 5.58. The summed E-state index contributed by atoms with van der Waals surface area (Å²) in [7, 11) is 1.63. The number of likely N-dealkylation sites (tertiary alicyclic amines) is 1. The number of pyridine rings is 1. The van der Waals surface area contributed by atoms with Crippen LogP contribution in [0.25, 0.3) is 0 Å². The third-order valence-electron chi connectivity index (χ3n) is 4.62. The number of piperidine rings is 1. The van der Waals surface area contributed by atoms with Gasteiger partial charge in [0.15, 0.2) is 0 Å². The molecule has 1 fully saturated rings. The Morgan fingerprint density at radius 1 is 1.33 bits per heavy atom. The van der Waals surface area contributed by atoms with E-state index in [2.05, 4.69) is 10.3 Å². The molecule has 0 saturated carbocycles. The summed E-state index contributed by atoms with van der Waals surface area (Å²) in [5.41, 5.74) is 2.13. The van der Waals surface area contributed by atoms with Crippen molar-refractivity contribution in [3.05, 3.63) is 23.0 Å². The number of nitrogens with zero attached hydrogens (tertiary/aromatic N) is 2. The van der Waals surface area contributed by atoms with E-state index < -0.39 is 5.60 Å². The van der Waals surface area contributed by atoms with Crippen molar-refractivity contribution in [1.29, 1.82) is 0 Å². The molecule has 2 amide bonds. The Morgan fingerprint density at radius 2 is 2.04 bits per heavy atom. The Morgan fingerprint density at radius 3 is 2.67 bits per heavy atom. The van der Waals surface area contributed by atoms with Crippen molar-refractivity contribution in [3.63, 3.8) is 0 Å². The van der Waals surface area contributed by atoms with E-state index in [-0.39, 0.29) is 17.9 Å². The van der Waals surface area contributed by atoms with E-state index in [4.69, 9.17) is 9.47 Å².